The second-order valence-electron chi connectivity index (χ2n) is 20.5. The smallest absolute Gasteiger partial charge is 0.462 e. The summed E-state index contributed by atoms with van der Waals surface area (Å²) in [5, 5.41) is 0. The number of rotatable bonds is 58. The minimum absolute atomic E-state index is 0.0470. The summed E-state index contributed by atoms with van der Waals surface area (Å²) in [7, 11) is -4.40. The van der Waals surface area contributed by atoms with Gasteiger partial charge in [-0.15, -0.1) is 0 Å². The average molecular weight is 1120 g/mol. The zero-order chi connectivity index (χ0) is 57.3. The fraction of sp³-hybridized carbons (Fsp3) is 0.652. The molecule has 2 unspecified atom stereocenters. The highest BCUT2D eigenvalue weighted by Gasteiger charge is 2.26. The van der Waals surface area contributed by atoms with Gasteiger partial charge in [-0.05, 0) is 116 Å². The third kappa shape index (κ3) is 63.2. The Kier molecular flexibility index (Phi) is 60.2. The molecule has 0 rings (SSSR count). The van der Waals surface area contributed by atoms with Crippen molar-refractivity contribution in [1.82, 2.24) is 0 Å². The molecule has 0 aromatic rings. The molecule has 2 atom stereocenters. The molecule has 0 amide bonds. The molecular weight excluding hydrogens is 1000 g/mol. The quantitative estimate of drug-likeness (QED) is 0.0264. The molecule has 0 aliphatic rings. The van der Waals surface area contributed by atoms with Gasteiger partial charge in [0, 0.05) is 19.4 Å². The number of hydrogen-bond donors (Lipinski definition) is 2. The highest BCUT2D eigenvalue weighted by Crippen LogP contribution is 2.43. The van der Waals surface area contributed by atoms with Gasteiger partial charge in [-0.2, -0.15) is 0 Å². The third-order valence-electron chi connectivity index (χ3n) is 13.0. The predicted molar refractivity (Wildman–Crippen MR) is 339 cm³/mol. The van der Waals surface area contributed by atoms with Gasteiger partial charge in [-0.25, -0.2) is 4.57 Å². The molecule has 9 nitrogen and oxygen atoms in total. The van der Waals surface area contributed by atoms with Crippen molar-refractivity contribution in [1.29, 1.82) is 0 Å². The molecule has 0 radical (unpaired) electrons. The zero-order valence-corrected chi connectivity index (χ0v) is 51.2. The number of hydrogen-bond acceptors (Lipinski definition) is 8. The van der Waals surface area contributed by atoms with E-state index in [-0.39, 0.29) is 38.6 Å². The Morgan fingerprint density at radius 3 is 1.05 bits per heavy atom. The second kappa shape index (κ2) is 63.3. The highest BCUT2D eigenvalue weighted by molar-refractivity contribution is 7.47. The number of phosphoric ester groups is 1. The second-order valence-corrected chi connectivity index (χ2v) is 22.0. The largest absolute Gasteiger partial charge is 0.472 e. The summed E-state index contributed by atoms with van der Waals surface area (Å²) >= 11 is 0. The maximum absolute atomic E-state index is 12.7. The highest BCUT2D eigenvalue weighted by atomic mass is 31.2. The Morgan fingerprint density at radius 2 is 0.696 bits per heavy atom. The van der Waals surface area contributed by atoms with Crippen LogP contribution in [0.15, 0.2) is 134 Å². The van der Waals surface area contributed by atoms with Gasteiger partial charge in [0.1, 0.15) is 6.61 Å². The zero-order valence-electron chi connectivity index (χ0n) is 50.3. The Labute approximate surface area is 484 Å². The minimum Gasteiger partial charge on any atom is -0.462 e. The van der Waals surface area contributed by atoms with Crippen LogP contribution in [-0.2, 0) is 32.7 Å². The molecule has 0 spiro atoms. The number of ether oxygens (including phenoxy) is 2. The molecule has 450 valence electrons. The molecule has 0 aliphatic carbocycles. The predicted octanol–water partition coefficient (Wildman–Crippen LogP) is 20.5. The van der Waals surface area contributed by atoms with E-state index >= 15 is 0 Å². The van der Waals surface area contributed by atoms with Crippen molar-refractivity contribution in [2.24, 2.45) is 5.73 Å². The molecule has 3 N–H and O–H groups in total. The molecular formula is C69H116NO8P. The molecule has 0 bridgehead atoms. The van der Waals surface area contributed by atoms with E-state index in [1.54, 1.807) is 0 Å². The van der Waals surface area contributed by atoms with Crippen LogP contribution in [0.1, 0.15) is 258 Å². The summed E-state index contributed by atoms with van der Waals surface area (Å²) in [6, 6.07) is 0. The Hall–Kier alpha value is -3.85. The van der Waals surface area contributed by atoms with Crippen LogP contribution >= 0.6 is 7.82 Å². The average Bonchev–Trinajstić information content (AvgIpc) is 3.44. The summed E-state index contributed by atoms with van der Waals surface area (Å²) in [6.45, 7) is 3.61. The van der Waals surface area contributed by atoms with Crippen molar-refractivity contribution in [2.75, 3.05) is 26.4 Å². The maximum atomic E-state index is 12.7. The van der Waals surface area contributed by atoms with Crippen molar-refractivity contribution >= 4 is 19.8 Å². The third-order valence-corrected chi connectivity index (χ3v) is 14.0. The number of nitrogens with two attached hydrogens (primary N) is 1. The molecule has 0 heterocycles. The number of phosphoric acid groups is 1. The molecule has 0 aromatic carbocycles. The first-order valence-corrected chi connectivity index (χ1v) is 33.2. The Balaban J connectivity index is 3.96. The summed E-state index contributed by atoms with van der Waals surface area (Å²) in [6.07, 6.45) is 89.5. The van der Waals surface area contributed by atoms with E-state index in [4.69, 9.17) is 24.3 Å². The summed E-state index contributed by atoms with van der Waals surface area (Å²) in [5.41, 5.74) is 5.38. The van der Waals surface area contributed by atoms with Gasteiger partial charge in [0.15, 0.2) is 6.10 Å². The standard InChI is InChI=1S/C69H116NO8P/c1-3-5-7-9-11-13-15-17-19-21-22-23-24-25-26-27-28-29-30-31-32-33-34-35-36-37-38-39-40-41-42-43-44-46-48-50-52-54-56-58-60-62-69(72)78-67(66-77-79(73,74)76-64-63-70)65-75-68(71)61-59-57-55-53-51-49-47-45-20-18-16-14-12-10-8-6-4-2/h5,7,11,13,17-20,22-23,25-26,28-29,31-32,34-35,37-38,40-41,67H,3-4,6,8-10,12,14-16,21,24,27,30,33,36,39,42-66,70H2,1-2H3,(H,73,74)/b7-5-,13-11-,19-17-,20-18-,23-22-,26-25-,29-28-,32-31-,35-34-,38-37-,41-40-. The fourth-order valence-electron chi connectivity index (χ4n) is 8.36. The van der Waals surface area contributed by atoms with Gasteiger partial charge < -0.3 is 20.1 Å². The van der Waals surface area contributed by atoms with Crippen molar-refractivity contribution in [3.8, 4) is 0 Å². The van der Waals surface area contributed by atoms with Gasteiger partial charge in [-0.3, -0.25) is 18.6 Å². The van der Waals surface area contributed by atoms with E-state index in [9.17, 15) is 19.0 Å². The van der Waals surface area contributed by atoms with Crippen molar-refractivity contribution in [3.63, 3.8) is 0 Å². The number of allylic oxidation sites excluding steroid dienone is 22. The van der Waals surface area contributed by atoms with Gasteiger partial charge in [0.25, 0.3) is 0 Å². The van der Waals surface area contributed by atoms with Crippen molar-refractivity contribution in [2.45, 2.75) is 264 Å². The number of unbranched alkanes of at least 4 members (excludes halogenated alkanes) is 23. The lowest BCUT2D eigenvalue weighted by molar-refractivity contribution is -0.161. The van der Waals surface area contributed by atoms with Crippen LogP contribution in [0.2, 0.25) is 0 Å². The van der Waals surface area contributed by atoms with Crippen LogP contribution in [0.25, 0.3) is 0 Å². The lowest BCUT2D eigenvalue weighted by Crippen LogP contribution is -2.29. The first kappa shape index (κ1) is 75.2. The monoisotopic (exact) mass is 1120 g/mol. The first-order chi connectivity index (χ1) is 38.8. The molecule has 10 heteroatoms. The Morgan fingerprint density at radius 1 is 0.392 bits per heavy atom. The van der Waals surface area contributed by atoms with Crippen molar-refractivity contribution < 1.29 is 37.6 Å². The molecule has 0 saturated carbocycles. The summed E-state index contributed by atoms with van der Waals surface area (Å²) in [5.74, 6) is -0.841. The lowest BCUT2D eigenvalue weighted by Gasteiger charge is -2.19. The van der Waals surface area contributed by atoms with Gasteiger partial charge in [-0.1, -0.05) is 263 Å². The van der Waals surface area contributed by atoms with Crippen LogP contribution in [0.3, 0.4) is 0 Å². The maximum Gasteiger partial charge on any atom is 0.472 e. The minimum atomic E-state index is -4.40. The van der Waals surface area contributed by atoms with E-state index in [1.165, 1.54) is 103 Å². The fourth-order valence-corrected chi connectivity index (χ4v) is 9.13. The van der Waals surface area contributed by atoms with E-state index in [2.05, 4.69) is 148 Å². The van der Waals surface area contributed by atoms with Gasteiger partial charge >= 0.3 is 19.8 Å². The molecule has 0 fully saturated rings. The summed E-state index contributed by atoms with van der Waals surface area (Å²) < 4.78 is 33.0. The summed E-state index contributed by atoms with van der Waals surface area (Å²) in [4.78, 5) is 35.2. The first-order valence-electron chi connectivity index (χ1n) is 31.7. The molecule has 0 aliphatic heterocycles. The van der Waals surface area contributed by atoms with Crippen LogP contribution in [0.5, 0.6) is 0 Å². The van der Waals surface area contributed by atoms with Crippen molar-refractivity contribution in [3.05, 3.63) is 134 Å². The van der Waals surface area contributed by atoms with E-state index in [0.717, 1.165) is 122 Å². The van der Waals surface area contributed by atoms with E-state index < -0.39 is 26.5 Å². The van der Waals surface area contributed by atoms with E-state index in [1.807, 2.05) is 0 Å². The SMILES string of the molecule is CC/C=C\C/C=C\C/C=C\C/C=C\C/C=C\C/C=C\C/C=C\C/C=C\C/C=C\C/C=C\CCCCCCCCCCCCC(=O)OC(COC(=O)CCCCCCCCC/C=C\CCCCCCCC)COP(=O)(O)OCCN. The normalized spacial score (nSPS) is 13.9. The molecule has 79 heavy (non-hydrogen) atoms. The van der Waals surface area contributed by atoms with Gasteiger partial charge in [0.05, 0.1) is 13.2 Å². The molecule has 0 saturated heterocycles. The number of carbonyl (C=O) groups is 2. The van der Waals surface area contributed by atoms with Crippen LogP contribution < -0.4 is 5.73 Å². The molecule has 0 aromatic heterocycles. The Bertz CT molecular complexity index is 1750. The van der Waals surface area contributed by atoms with Gasteiger partial charge in [0.2, 0.25) is 0 Å². The van der Waals surface area contributed by atoms with E-state index in [0.29, 0.717) is 6.42 Å². The van der Waals surface area contributed by atoms with Crippen LogP contribution in [0, 0.1) is 0 Å². The topological polar surface area (TPSA) is 134 Å². The lowest BCUT2D eigenvalue weighted by atomic mass is 10.0. The van der Waals surface area contributed by atoms with Crippen LogP contribution in [-0.4, -0.2) is 49.3 Å². The van der Waals surface area contributed by atoms with Crippen LogP contribution in [0.4, 0.5) is 0 Å². The number of esters is 2. The number of carbonyl (C=O) groups excluding carboxylic acids is 2.